The quantitative estimate of drug-likeness (QED) is 0.437. The molecule has 0 bridgehead atoms. The van der Waals surface area contributed by atoms with Crippen molar-refractivity contribution >= 4 is 45.0 Å². The Morgan fingerprint density at radius 2 is 1.94 bits per heavy atom. The number of benzene rings is 2. The van der Waals surface area contributed by atoms with Gasteiger partial charge < -0.3 is 9.30 Å². The Balaban J connectivity index is 1.78. The summed E-state index contributed by atoms with van der Waals surface area (Å²) in [7, 11) is 0. The molecule has 1 saturated heterocycles. The van der Waals surface area contributed by atoms with Gasteiger partial charge in [-0.25, -0.2) is 0 Å². The lowest BCUT2D eigenvalue weighted by molar-refractivity contribution is -0.121. The van der Waals surface area contributed by atoms with Crippen molar-refractivity contribution in [3.05, 3.63) is 65.5 Å². The predicted octanol–water partition coefficient (Wildman–Crippen LogP) is 3.68. The number of fused-ring (bicyclic) bond motifs is 1. The first kappa shape index (κ1) is 20.7. The summed E-state index contributed by atoms with van der Waals surface area (Å²) in [5.74, 6) is -0.255. The molecule has 2 aromatic carbocycles. The number of carbonyl (C=O) groups excluding carboxylic acids is 3. The van der Waals surface area contributed by atoms with Crippen LogP contribution in [0, 0.1) is 0 Å². The molecule has 0 saturated carbocycles. The second-order valence-electron chi connectivity index (χ2n) is 6.91. The van der Waals surface area contributed by atoms with Crippen molar-refractivity contribution in [2.24, 2.45) is 4.99 Å². The molecule has 1 aliphatic heterocycles. The van der Waals surface area contributed by atoms with Crippen LogP contribution in [0.5, 0.6) is 5.75 Å². The van der Waals surface area contributed by atoms with Crippen LogP contribution in [0.3, 0.4) is 0 Å². The van der Waals surface area contributed by atoms with Crippen LogP contribution in [0.25, 0.3) is 10.2 Å². The lowest BCUT2D eigenvalue weighted by Crippen LogP contribution is -2.28. The van der Waals surface area contributed by atoms with Crippen molar-refractivity contribution in [3.8, 4) is 5.75 Å². The molecule has 0 unspecified atom stereocenters. The van der Waals surface area contributed by atoms with Crippen LogP contribution in [0.2, 0.25) is 0 Å². The maximum atomic E-state index is 13.0. The van der Waals surface area contributed by atoms with Gasteiger partial charge in [0.05, 0.1) is 17.0 Å². The molecule has 0 N–H and O–H groups in total. The number of para-hydroxylation sites is 1. The molecule has 1 aromatic heterocycles. The Bertz CT molecular complexity index is 1260. The minimum Gasteiger partial charge on any atom is -0.492 e. The van der Waals surface area contributed by atoms with Crippen LogP contribution in [-0.4, -0.2) is 28.9 Å². The van der Waals surface area contributed by atoms with Gasteiger partial charge >= 0.3 is 0 Å². The molecule has 31 heavy (non-hydrogen) atoms. The van der Waals surface area contributed by atoms with E-state index in [-0.39, 0.29) is 24.7 Å². The zero-order valence-electron chi connectivity index (χ0n) is 17.0. The molecule has 8 heteroatoms. The van der Waals surface area contributed by atoms with Crippen LogP contribution in [0.4, 0.5) is 5.69 Å². The molecule has 158 valence electrons. The largest absolute Gasteiger partial charge is 0.492 e. The van der Waals surface area contributed by atoms with Crippen molar-refractivity contribution < 1.29 is 19.1 Å². The summed E-state index contributed by atoms with van der Waals surface area (Å²) < 4.78 is 8.60. The molecule has 0 aliphatic carbocycles. The number of anilines is 1. The first-order chi connectivity index (χ1) is 15.0. The van der Waals surface area contributed by atoms with Crippen molar-refractivity contribution in [2.75, 3.05) is 11.5 Å². The third-order valence-corrected chi connectivity index (χ3v) is 5.92. The number of rotatable bonds is 6. The van der Waals surface area contributed by atoms with Crippen molar-refractivity contribution in [1.82, 2.24) is 4.57 Å². The number of aromatic nitrogens is 1. The molecule has 2 heterocycles. The number of nitrogens with zero attached hydrogens (tertiary/aromatic N) is 3. The molecule has 0 atom stereocenters. The van der Waals surface area contributed by atoms with Crippen LogP contribution in [-0.2, 0) is 16.1 Å². The topological polar surface area (TPSA) is 81.0 Å². The molecule has 0 radical (unpaired) electrons. The molecule has 3 aromatic rings. The highest BCUT2D eigenvalue weighted by Crippen LogP contribution is 2.28. The normalized spacial score (nSPS) is 14.5. The summed E-state index contributed by atoms with van der Waals surface area (Å²) in [4.78, 5) is 43.0. The molecule has 1 aliphatic rings. The second-order valence-corrected chi connectivity index (χ2v) is 7.92. The number of imide groups is 1. The summed E-state index contributed by atoms with van der Waals surface area (Å²) in [5, 5.41) is 0. The van der Waals surface area contributed by atoms with Crippen molar-refractivity contribution in [3.63, 3.8) is 0 Å². The van der Waals surface area contributed by atoms with E-state index in [0.717, 1.165) is 20.9 Å². The van der Waals surface area contributed by atoms with E-state index in [2.05, 4.69) is 11.6 Å². The Kier molecular flexibility index (Phi) is 5.81. The summed E-state index contributed by atoms with van der Waals surface area (Å²) >= 11 is 1.39. The summed E-state index contributed by atoms with van der Waals surface area (Å²) in [6.45, 7) is 6.72. The number of amides is 3. The SMILES string of the molecule is C=CCn1c(=NC(=O)c2cccc(N3C(=O)CCC3=O)c2)sc2cccc(OCC)c21. The standard InChI is InChI=1S/C23H21N3O4S/c1-3-13-25-21-17(30-4-2)9-6-10-18(21)31-23(25)24-22(29)15-7-5-8-16(14-15)26-19(27)11-12-20(26)28/h3,5-10,14H,1,4,11-13H2,2H3. The van der Waals surface area contributed by atoms with Gasteiger partial charge in [-0.3, -0.25) is 19.3 Å². The zero-order valence-corrected chi connectivity index (χ0v) is 17.9. The Morgan fingerprint density at radius 1 is 1.19 bits per heavy atom. The third kappa shape index (κ3) is 3.94. The molecule has 3 amide bonds. The minimum absolute atomic E-state index is 0.187. The summed E-state index contributed by atoms with van der Waals surface area (Å²) in [6, 6.07) is 12.2. The first-order valence-electron chi connectivity index (χ1n) is 9.94. The number of hydrogen-bond acceptors (Lipinski definition) is 5. The van der Waals surface area contributed by atoms with Gasteiger partial charge in [0.25, 0.3) is 5.91 Å². The number of carbonyl (C=O) groups is 3. The van der Waals surface area contributed by atoms with Gasteiger partial charge in [0, 0.05) is 24.9 Å². The Morgan fingerprint density at radius 3 is 2.65 bits per heavy atom. The van der Waals surface area contributed by atoms with E-state index < -0.39 is 5.91 Å². The van der Waals surface area contributed by atoms with Gasteiger partial charge in [-0.2, -0.15) is 4.99 Å². The van der Waals surface area contributed by atoms with Gasteiger partial charge in [-0.05, 0) is 37.3 Å². The highest BCUT2D eigenvalue weighted by Gasteiger charge is 2.30. The predicted molar refractivity (Wildman–Crippen MR) is 119 cm³/mol. The lowest BCUT2D eigenvalue weighted by atomic mass is 10.2. The minimum atomic E-state index is -0.455. The zero-order chi connectivity index (χ0) is 22.0. The number of thiazole rings is 1. The van der Waals surface area contributed by atoms with E-state index in [1.807, 2.05) is 29.7 Å². The van der Waals surface area contributed by atoms with Gasteiger partial charge in [0.2, 0.25) is 11.8 Å². The lowest BCUT2D eigenvalue weighted by Gasteiger charge is -2.14. The van der Waals surface area contributed by atoms with E-state index in [0.29, 0.717) is 29.2 Å². The van der Waals surface area contributed by atoms with Crippen LogP contribution in [0.15, 0.2) is 60.1 Å². The molecular weight excluding hydrogens is 414 g/mol. The van der Waals surface area contributed by atoms with E-state index in [1.54, 1.807) is 24.3 Å². The number of ether oxygens (including phenoxy) is 1. The van der Waals surface area contributed by atoms with E-state index in [9.17, 15) is 14.4 Å². The third-order valence-electron chi connectivity index (χ3n) is 4.88. The maximum Gasteiger partial charge on any atom is 0.279 e. The van der Waals surface area contributed by atoms with Gasteiger partial charge in [-0.15, -0.1) is 6.58 Å². The molecule has 1 fully saturated rings. The highest BCUT2D eigenvalue weighted by molar-refractivity contribution is 7.16. The van der Waals surface area contributed by atoms with Crippen LogP contribution in [0.1, 0.15) is 30.1 Å². The van der Waals surface area contributed by atoms with E-state index in [1.165, 1.54) is 17.4 Å². The summed E-state index contributed by atoms with van der Waals surface area (Å²) in [6.07, 6.45) is 2.11. The van der Waals surface area contributed by atoms with E-state index >= 15 is 0 Å². The molecule has 4 rings (SSSR count). The molecular formula is C23H21N3O4S. The Hall–Kier alpha value is -3.52. The monoisotopic (exact) mass is 435 g/mol. The number of hydrogen-bond donors (Lipinski definition) is 0. The average Bonchev–Trinajstić information content (AvgIpc) is 3.28. The number of allylic oxidation sites excluding steroid dienone is 1. The molecule has 7 nitrogen and oxygen atoms in total. The summed E-state index contributed by atoms with van der Waals surface area (Å²) in [5.41, 5.74) is 1.56. The smallest absolute Gasteiger partial charge is 0.279 e. The van der Waals surface area contributed by atoms with Crippen molar-refractivity contribution in [1.29, 1.82) is 0 Å². The Labute approximate surface area is 182 Å². The maximum absolute atomic E-state index is 13.0. The van der Waals surface area contributed by atoms with Gasteiger partial charge in [0.15, 0.2) is 4.80 Å². The highest BCUT2D eigenvalue weighted by atomic mass is 32.1. The van der Waals surface area contributed by atoms with Crippen molar-refractivity contribution in [2.45, 2.75) is 26.3 Å². The van der Waals surface area contributed by atoms with Gasteiger partial charge in [0.1, 0.15) is 11.3 Å². The second kappa shape index (κ2) is 8.69. The first-order valence-corrected chi connectivity index (χ1v) is 10.8. The van der Waals surface area contributed by atoms with E-state index in [4.69, 9.17) is 4.74 Å². The average molecular weight is 436 g/mol. The van der Waals surface area contributed by atoms with Crippen LogP contribution < -0.4 is 14.4 Å². The fourth-order valence-corrected chi connectivity index (χ4v) is 4.60. The fourth-order valence-electron chi connectivity index (χ4n) is 3.55. The fraction of sp³-hybridized carbons (Fsp3) is 0.217. The van der Waals surface area contributed by atoms with Crippen LogP contribution >= 0.6 is 11.3 Å². The van der Waals surface area contributed by atoms with Gasteiger partial charge in [-0.1, -0.05) is 29.5 Å². The molecule has 0 spiro atoms.